The van der Waals surface area contributed by atoms with Gasteiger partial charge in [-0.05, 0) is 25.7 Å². The van der Waals surface area contributed by atoms with E-state index >= 15 is 0 Å². The van der Waals surface area contributed by atoms with Crippen molar-refractivity contribution in [1.82, 2.24) is 5.32 Å². The van der Waals surface area contributed by atoms with E-state index in [0.29, 0.717) is 18.6 Å². The Morgan fingerprint density at radius 2 is 2.38 bits per heavy atom. The fourth-order valence-electron chi connectivity index (χ4n) is 1.44. The maximum Gasteiger partial charge on any atom is 0.129 e. The van der Waals surface area contributed by atoms with Gasteiger partial charge >= 0.3 is 0 Å². The summed E-state index contributed by atoms with van der Waals surface area (Å²) in [5.74, 6) is 0.458. The first kappa shape index (κ1) is 13.5. The molecule has 1 heterocycles. The van der Waals surface area contributed by atoms with Crippen molar-refractivity contribution in [2.45, 2.75) is 39.7 Å². The van der Waals surface area contributed by atoms with Gasteiger partial charge in [0.2, 0.25) is 0 Å². The zero-order valence-corrected chi connectivity index (χ0v) is 10.7. The highest BCUT2D eigenvalue weighted by Gasteiger charge is 2.14. The van der Waals surface area contributed by atoms with Crippen LogP contribution in [0.3, 0.4) is 0 Å². The molecule has 1 fully saturated rings. The maximum absolute atomic E-state index is 5.50. The molecule has 0 amide bonds. The topological polar surface area (TPSA) is 42.8 Å². The predicted molar refractivity (Wildman–Crippen MR) is 65.7 cm³/mol. The van der Waals surface area contributed by atoms with Gasteiger partial charge in [0.1, 0.15) is 6.61 Å². The molecule has 1 aliphatic rings. The summed E-state index contributed by atoms with van der Waals surface area (Å²) in [4.78, 5) is 5.21. The first-order valence-electron chi connectivity index (χ1n) is 6.19. The predicted octanol–water partition coefficient (Wildman–Crippen LogP) is 1.80. The van der Waals surface area contributed by atoms with E-state index in [1.54, 1.807) is 0 Å². The zero-order chi connectivity index (χ0) is 11.8. The van der Waals surface area contributed by atoms with Gasteiger partial charge < -0.3 is 14.9 Å². The molecule has 0 aliphatic carbocycles. The van der Waals surface area contributed by atoms with Gasteiger partial charge in [0.15, 0.2) is 0 Å². The fourth-order valence-corrected chi connectivity index (χ4v) is 1.44. The molecule has 0 aromatic heterocycles. The van der Waals surface area contributed by atoms with E-state index < -0.39 is 0 Å². The second kappa shape index (κ2) is 7.63. The third-order valence-corrected chi connectivity index (χ3v) is 2.81. The van der Waals surface area contributed by atoms with E-state index in [2.05, 4.69) is 24.3 Å². The molecule has 4 nitrogen and oxygen atoms in total. The van der Waals surface area contributed by atoms with Crippen LogP contribution in [-0.4, -0.2) is 38.1 Å². The minimum Gasteiger partial charge on any atom is -0.394 e. The van der Waals surface area contributed by atoms with Crippen molar-refractivity contribution in [3.8, 4) is 0 Å². The first-order valence-corrected chi connectivity index (χ1v) is 6.19. The zero-order valence-electron chi connectivity index (χ0n) is 10.7. The average molecular weight is 228 g/mol. The number of oxime groups is 1. The Balaban J connectivity index is 1.93. The Bertz CT molecular complexity index is 211. The number of hydrogen-bond donors (Lipinski definition) is 1. The van der Waals surface area contributed by atoms with Gasteiger partial charge in [-0.2, -0.15) is 0 Å². The van der Waals surface area contributed by atoms with Crippen molar-refractivity contribution in [3.05, 3.63) is 0 Å². The van der Waals surface area contributed by atoms with Crippen molar-refractivity contribution in [3.63, 3.8) is 0 Å². The highest BCUT2D eigenvalue weighted by molar-refractivity contribution is 5.83. The van der Waals surface area contributed by atoms with Crippen LogP contribution in [-0.2, 0) is 9.57 Å². The SMILES string of the molecule is C/C(=N\OCCNC[C@H]1CCCO1)C(C)C. The highest BCUT2D eigenvalue weighted by atomic mass is 16.6. The van der Waals surface area contributed by atoms with E-state index in [1.165, 1.54) is 12.8 Å². The lowest BCUT2D eigenvalue weighted by Crippen LogP contribution is -2.28. The minimum absolute atomic E-state index is 0.404. The molecule has 1 atom stereocenters. The van der Waals surface area contributed by atoms with Crippen LogP contribution in [0.4, 0.5) is 0 Å². The van der Waals surface area contributed by atoms with E-state index in [-0.39, 0.29) is 0 Å². The Hall–Kier alpha value is -0.610. The second-order valence-corrected chi connectivity index (χ2v) is 4.56. The largest absolute Gasteiger partial charge is 0.394 e. The highest BCUT2D eigenvalue weighted by Crippen LogP contribution is 2.10. The van der Waals surface area contributed by atoms with Crippen LogP contribution in [0.15, 0.2) is 5.16 Å². The van der Waals surface area contributed by atoms with E-state index in [4.69, 9.17) is 9.57 Å². The maximum atomic E-state index is 5.50. The number of nitrogens with zero attached hydrogens (tertiary/aromatic N) is 1. The molecule has 4 heteroatoms. The third-order valence-electron chi connectivity index (χ3n) is 2.81. The summed E-state index contributed by atoms with van der Waals surface area (Å²) in [6.45, 7) is 9.50. The van der Waals surface area contributed by atoms with Crippen LogP contribution in [0, 0.1) is 5.92 Å². The summed E-state index contributed by atoms with van der Waals surface area (Å²) in [7, 11) is 0. The molecule has 1 rings (SSSR count). The standard InChI is InChI=1S/C12H24N2O2/c1-10(2)11(3)14-16-8-6-13-9-12-5-4-7-15-12/h10,12-13H,4-9H2,1-3H3/b14-11+/t12-/m1/s1. The van der Waals surface area contributed by atoms with Gasteiger partial charge in [0, 0.05) is 19.7 Å². The molecular weight excluding hydrogens is 204 g/mol. The molecule has 0 aromatic carbocycles. The normalized spacial score (nSPS) is 21.8. The molecule has 16 heavy (non-hydrogen) atoms. The quantitative estimate of drug-likeness (QED) is 0.410. The molecule has 0 saturated carbocycles. The molecule has 1 N–H and O–H groups in total. The average Bonchev–Trinajstić information content (AvgIpc) is 2.75. The summed E-state index contributed by atoms with van der Waals surface area (Å²) in [5.41, 5.74) is 1.04. The van der Waals surface area contributed by atoms with Crippen molar-refractivity contribution < 1.29 is 9.57 Å². The van der Waals surface area contributed by atoms with Gasteiger partial charge in [0.05, 0.1) is 11.8 Å². The lowest BCUT2D eigenvalue weighted by Gasteiger charge is -2.10. The Morgan fingerprint density at radius 3 is 3.00 bits per heavy atom. The van der Waals surface area contributed by atoms with Crippen molar-refractivity contribution >= 4 is 5.71 Å². The smallest absolute Gasteiger partial charge is 0.129 e. The Morgan fingerprint density at radius 1 is 1.56 bits per heavy atom. The van der Waals surface area contributed by atoms with Crippen LogP contribution in [0.25, 0.3) is 0 Å². The number of rotatable bonds is 7. The van der Waals surface area contributed by atoms with Crippen LogP contribution >= 0.6 is 0 Å². The molecule has 1 aliphatic heterocycles. The van der Waals surface area contributed by atoms with Crippen LogP contribution in [0.5, 0.6) is 0 Å². The van der Waals surface area contributed by atoms with Crippen molar-refractivity contribution in [2.24, 2.45) is 11.1 Å². The van der Waals surface area contributed by atoms with Gasteiger partial charge in [-0.3, -0.25) is 0 Å². The lowest BCUT2D eigenvalue weighted by atomic mass is 10.1. The Kier molecular flexibility index (Phi) is 6.42. The van der Waals surface area contributed by atoms with Crippen LogP contribution in [0.2, 0.25) is 0 Å². The van der Waals surface area contributed by atoms with Crippen molar-refractivity contribution in [1.29, 1.82) is 0 Å². The first-order chi connectivity index (χ1) is 7.70. The molecule has 1 saturated heterocycles. The fraction of sp³-hybridized carbons (Fsp3) is 0.917. The third kappa shape index (κ3) is 5.47. The minimum atomic E-state index is 0.404. The Labute approximate surface area is 98.4 Å². The van der Waals surface area contributed by atoms with Gasteiger partial charge in [-0.25, -0.2) is 0 Å². The molecule has 0 aromatic rings. The van der Waals surface area contributed by atoms with E-state index in [0.717, 1.165) is 25.4 Å². The van der Waals surface area contributed by atoms with E-state index in [1.807, 2.05) is 6.92 Å². The summed E-state index contributed by atoms with van der Waals surface area (Å²) >= 11 is 0. The monoisotopic (exact) mass is 228 g/mol. The van der Waals surface area contributed by atoms with Crippen molar-refractivity contribution in [2.75, 3.05) is 26.3 Å². The summed E-state index contributed by atoms with van der Waals surface area (Å²) in [5, 5.41) is 7.35. The van der Waals surface area contributed by atoms with Gasteiger partial charge in [0.25, 0.3) is 0 Å². The molecule has 0 radical (unpaired) electrons. The molecule has 0 bridgehead atoms. The number of nitrogens with one attached hydrogen (secondary N) is 1. The second-order valence-electron chi connectivity index (χ2n) is 4.56. The molecule has 0 spiro atoms. The van der Waals surface area contributed by atoms with Gasteiger partial charge in [-0.15, -0.1) is 0 Å². The van der Waals surface area contributed by atoms with Gasteiger partial charge in [-0.1, -0.05) is 19.0 Å². The summed E-state index contributed by atoms with van der Waals surface area (Å²) in [6, 6.07) is 0. The molecule has 94 valence electrons. The number of hydrogen-bond acceptors (Lipinski definition) is 4. The number of ether oxygens (including phenoxy) is 1. The van der Waals surface area contributed by atoms with Crippen LogP contribution < -0.4 is 5.32 Å². The molecular formula is C12H24N2O2. The lowest BCUT2D eigenvalue weighted by molar-refractivity contribution is 0.103. The summed E-state index contributed by atoms with van der Waals surface area (Å²) in [6.07, 6.45) is 2.78. The molecule has 0 unspecified atom stereocenters. The summed E-state index contributed by atoms with van der Waals surface area (Å²) < 4.78 is 5.50. The van der Waals surface area contributed by atoms with E-state index in [9.17, 15) is 0 Å². The van der Waals surface area contributed by atoms with Crippen LogP contribution in [0.1, 0.15) is 33.6 Å².